The normalized spacial score (nSPS) is 20.4. The number of piperidine rings is 1. The van der Waals surface area contributed by atoms with Crippen molar-refractivity contribution >= 4 is 23.6 Å². The van der Waals surface area contributed by atoms with Crippen molar-refractivity contribution in [1.29, 1.82) is 0 Å². The van der Waals surface area contributed by atoms with E-state index in [1.54, 1.807) is 11.0 Å². The van der Waals surface area contributed by atoms with Gasteiger partial charge in [-0.05, 0) is 54.2 Å². The summed E-state index contributed by atoms with van der Waals surface area (Å²) >= 11 is 0. The number of nitrogens with zero attached hydrogens (tertiary/aromatic N) is 2. The van der Waals surface area contributed by atoms with E-state index >= 15 is 0 Å². The number of carbonyl (C=O) groups is 4. The minimum atomic E-state index is -0.609. The number of carbonyl (C=O) groups excluding carboxylic acids is 4. The first-order valence-electron chi connectivity index (χ1n) is 12.9. The number of hydrogen-bond acceptors (Lipinski definition) is 6. The molecule has 0 bridgehead atoms. The van der Waals surface area contributed by atoms with Gasteiger partial charge in [0.1, 0.15) is 6.04 Å². The smallest absolute Gasteiger partial charge is 0.254 e. The van der Waals surface area contributed by atoms with Crippen LogP contribution in [0.5, 0.6) is 0 Å². The molecule has 1 atom stereocenters. The van der Waals surface area contributed by atoms with Gasteiger partial charge in [0.15, 0.2) is 0 Å². The Balaban J connectivity index is 1.17. The molecule has 2 saturated heterocycles. The Morgan fingerprint density at radius 1 is 1.00 bits per heavy atom. The lowest BCUT2D eigenvalue weighted by Gasteiger charge is -2.36. The second kappa shape index (κ2) is 11.2. The van der Waals surface area contributed by atoms with Gasteiger partial charge in [0, 0.05) is 50.3 Å². The van der Waals surface area contributed by atoms with Gasteiger partial charge in [-0.1, -0.05) is 24.3 Å². The highest BCUT2D eigenvalue weighted by atomic mass is 16.5. The number of morpholine rings is 1. The van der Waals surface area contributed by atoms with Crippen LogP contribution < -0.4 is 10.6 Å². The molecule has 5 rings (SSSR count). The van der Waals surface area contributed by atoms with Crippen LogP contribution in [0.1, 0.15) is 50.2 Å². The second-order valence-corrected chi connectivity index (χ2v) is 9.79. The molecule has 2 aromatic rings. The third-order valence-electron chi connectivity index (χ3n) is 7.33. The lowest BCUT2D eigenvalue weighted by molar-refractivity contribution is -0.136. The topological polar surface area (TPSA) is 108 Å². The van der Waals surface area contributed by atoms with Crippen LogP contribution in [0.2, 0.25) is 0 Å². The lowest BCUT2D eigenvalue weighted by Crippen LogP contribution is -2.55. The van der Waals surface area contributed by atoms with E-state index < -0.39 is 11.9 Å². The molecule has 3 heterocycles. The second-order valence-electron chi connectivity index (χ2n) is 9.79. The summed E-state index contributed by atoms with van der Waals surface area (Å²) in [6.45, 7) is 5.17. The summed E-state index contributed by atoms with van der Waals surface area (Å²) in [5, 5.41) is 5.32. The first kappa shape index (κ1) is 25.1. The van der Waals surface area contributed by atoms with Crippen molar-refractivity contribution in [3.63, 3.8) is 0 Å². The molecule has 3 aliphatic heterocycles. The monoisotopic (exact) mass is 504 g/mol. The Morgan fingerprint density at radius 2 is 1.84 bits per heavy atom. The first-order chi connectivity index (χ1) is 18.0. The van der Waals surface area contributed by atoms with Crippen molar-refractivity contribution < 1.29 is 23.9 Å². The van der Waals surface area contributed by atoms with Gasteiger partial charge < -0.3 is 15.0 Å². The van der Waals surface area contributed by atoms with E-state index in [2.05, 4.69) is 21.6 Å². The van der Waals surface area contributed by atoms with Crippen LogP contribution in [0.15, 0.2) is 42.5 Å². The quantitative estimate of drug-likeness (QED) is 0.551. The third kappa shape index (κ3) is 5.89. The van der Waals surface area contributed by atoms with Gasteiger partial charge in [0.2, 0.25) is 11.8 Å². The SMILES string of the molecule is O=C1CCC(N2CCc3cc(CNC(=O)c4cccc(CCN5CCOCC5)c4)ccc3C2=O)C(=O)N1. The number of fused-ring (bicyclic) bond motifs is 1. The van der Waals surface area contributed by atoms with E-state index in [4.69, 9.17) is 4.74 Å². The summed E-state index contributed by atoms with van der Waals surface area (Å²) in [5.74, 6) is -1.03. The summed E-state index contributed by atoms with van der Waals surface area (Å²) in [6.07, 6.45) is 2.09. The zero-order chi connectivity index (χ0) is 25.8. The van der Waals surface area contributed by atoms with E-state index in [1.807, 2.05) is 30.3 Å². The molecular formula is C28H32N4O5. The first-order valence-corrected chi connectivity index (χ1v) is 12.9. The Hall–Kier alpha value is -3.56. The third-order valence-corrected chi connectivity index (χ3v) is 7.33. The van der Waals surface area contributed by atoms with Crippen LogP contribution in [-0.2, 0) is 33.7 Å². The molecule has 194 valence electrons. The molecule has 0 aliphatic carbocycles. The molecule has 1 unspecified atom stereocenters. The molecule has 4 amide bonds. The summed E-state index contributed by atoms with van der Waals surface area (Å²) < 4.78 is 5.40. The highest BCUT2D eigenvalue weighted by molar-refractivity contribution is 6.04. The van der Waals surface area contributed by atoms with E-state index in [9.17, 15) is 19.2 Å². The summed E-state index contributed by atoms with van der Waals surface area (Å²) in [5.41, 5.74) is 4.15. The maximum absolute atomic E-state index is 13.1. The fraction of sp³-hybridized carbons (Fsp3) is 0.429. The van der Waals surface area contributed by atoms with Crippen LogP contribution >= 0.6 is 0 Å². The Bertz CT molecular complexity index is 1210. The van der Waals surface area contributed by atoms with Crippen molar-refractivity contribution in [2.45, 2.75) is 38.3 Å². The molecule has 37 heavy (non-hydrogen) atoms. The highest BCUT2D eigenvalue weighted by Gasteiger charge is 2.37. The Kier molecular flexibility index (Phi) is 7.62. The van der Waals surface area contributed by atoms with Crippen LogP contribution in [0.3, 0.4) is 0 Å². The van der Waals surface area contributed by atoms with E-state index in [0.29, 0.717) is 37.1 Å². The molecule has 0 aromatic heterocycles. The van der Waals surface area contributed by atoms with Crippen molar-refractivity contribution in [2.75, 3.05) is 39.4 Å². The van der Waals surface area contributed by atoms with Gasteiger partial charge in [-0.3, -0.25) is 29.4 Å². The molecule has 0 spiro atoms. The molecular weight excluding hydrogens is 472 g/mol. The van der Waals surface area contributed by atoms with Gasteiger partial charge in [-0.25, -0.2) is 0 Å². The molecule has 9 heteroatoms. The van der Waals surface area contributed by atoms with Crippen molar-refractivity contribution in [3.05, 3.63) is 70.3 Å². The predicted molar refractivity (Wildman–Crippen MR) is 136 cm³/mol. The highest BCUT2D eigenvalue weighted by Crippen LogP contribution is 2.24. The zero-order valence-corrected chi connectivity index (χ0v) is 20.8. The average molecular weight is 505 g/mol. The van der Waals surface area contributed by atoms with E-state index in [-0.39, 0.29) is 24.1 Å². The molecule has 2 aromatic carbocycles. The summed E-state index contributed by atoms with van der Waals surface area (Å²) in [6, 6.07) is 12.7. The number of imide groups is 1. The molecule has 9 nitrogen and oxygen atoms in total. The zero-order valence-electron chi connectivity index (χ0n) is 20.8. The molecule has 0 saturated carbocycles. The number of ether oxygens (including phenoxy) is 1. The summed E-state index contributed by atoms with van der Waals surface area (Å²) in [7, 11) is 0. The van der Waals surface area contributed by atoms with Gasteiger partial charge >= 0.3 is 0 Å². The average Bonchev–Trinajstić information content (AvgIpc) is 2.92. The predicted octanol–water partition coefficient (Wildman–Crippen LogP) is 1.29. The maximum Gasteiger partial charge on any atom is 0.254 e. The van der Waals surface area contributed by atoms with E-state index in [1.165, 1.54) is 0 Å². The summed E-state index contributed by atoms with van der Waals surface area (Å²) in [4.78, 5) is 53.5. The standard InChI is InChI=1S/C28H32N4O5/c33-25-7-6-24(27(35)30-25)32-11-9-21-17-20(4-5-23(21)28(32)36)18-29-26(34)22-3-1-2-19(16-22)8-10-31-12-14-37-15-13-31/h1-5,16-17,24H,6-15,18H2,(H,29,34)(H,30,33,35). The van der Waals surface area contributed by atoms with Crippen LogP contribution in [0, 0.1) is 0 Å². The van der Waals surface area contributed by atoms with Crippen molar-refractivity contribution in [2.24, 2.45) is 0 Å². The van der Waals surface area contributed by atoms with Crippen LogP contribution in [0.4, 0.5) is 0 Å². The fourth-order valence-corrected chi connectivity index (χ4v) is 5.21. The lowest BCUT2D eigenvalue weighted by atomic mass is 9.93. The number of nitrogens with one attached hydrogen (secondary N) is 2. The number of rotatable bonds is 7. The van der Waals surface area contributed by atoms with Gasteiger partial charge in [-0.2, -0.15) is 0 Å². The van der Waals surface area contributed by atoms with Crippen LogP contribution in [0.25, 0.3) is 0 Å². The molecule has 2 N–H and O–H groups in total. The molecule has 2 fully saturated rings. The number of amides is 4. The Labute approximate surface area is 216 Å². The van der Waals surface area contributed by atoms with Crippen LogP contribution in [-0.4, -0.2) is 78.9 Å². The minimum absolute atomic E-state index is 0.133. The van der Waals surface area contributed by atoms with Crippen molar-refractivity contribution in [3.8, 4) is 0 Å². The largest absolute Gasteiger partial charge is 0.379 e. The minimum Gasteiger partial charge on any atom is -0.379 e. The van der Waals surface area contributed by atoms with Gasteiger partial charge in [-0.15, -0.1) is 0 Å². The maximum atomic E-state index is 13.1. The number of hydrogen-bond donors (Lipinski definition) is 2. The van der Waals surface area contributed by atoms with Gasteiger partial charge in [0.05, 0.1) is 13.2 Å². The molecule has 3 aliphatic rings. The van der Waals surface area contributed by atoms with Gasteiger partial charge in [0.25, 0.3) is 11.8 Å². The number of benzene rings is 2. The fourth-order valence-electron chi connectivity index (χ4n) is 5.21. The van der Waals surface area contributed by atoms with E-state index in [0.717, 1.165) is 56.0 Å². The molecule has 0 radical (unpaired) electrons. The van der Waals surface area contributed by atoms with Crippen molar-refractivity contribution in [1.82, 2.24) is 20.4 Å². The Morgan fingerprint density at radius 3 is 2.65 bits per heavy atom.